The molecule has 2 bridgehead atoms. The van der Waals surface area contributed by atoms with Crippen molar-refractivity contribution in [1.29, 1.82) is 0 Å². The number of rotatable bonds is 7. The summed E-state index contributed by atoms with van der Waals surface area (Å²) in [4.78, 5) is 40.4. The first kappa shape index (κ1) is 32.0. The predicted molar refractivity (Wildman–Crippen MR) is 166 cm³/mol. The van der Waals surface area contributed by atoms with Crippen molar-refractivity contribution in [3.8, 4) is 11.5 Å². The van der Waals surface area contributed by atoms with Gasteiger partial charge in [-0.05, 0) is 69.2 Å². The molecular formula is C33H46N2O9Si. The number of nitrogens with one attached hydrogen (secondary N) is 1. The molecular weight excluding hydrogens is 596 g/mol. The van der Waals surface area contributed by atoms with E-state index in [9.17, 15) is 19.5 Å². The van der Waals surface area contributed by atoms with E-state index in [1.54, 1.807) is 19.9 Å². The number of likely N-dealkylation sites (N-methyl/N-ethyl adjacent to an activating group) is 1. The van der Waals surface area contributed by atoms with Crippen LogP contribution in [0.25, 0.3) is 0 Å². The number of cyclic esters (lactones) is 1. The Morgan fingerprint density at radius 3 is 2.60 bits per heavy atom. The standard InChI is InChI=1S/C33H46N2O9Si/c1-18(34-24(36)17-22-29(38)43-31(5,6)42-22)28(37)40-21-12-13-33(39)23-16-19-10-11-20(44-45(8,9)30(2,3)4)26-25(19)32(33,27(21)41-26)14-15-35(23)7/h10-12,18,22-23,27,39H,13-17H2,1-9H3,(H,34,36)/t18-,22-,23-,27-,32-,33+/m0/s1. The predicted octanol–water partition coefficient (Wildman–Crippen LogP) is 3.46. The molecule has 1 aromatic rings. The summed E-state index contributed by atoms with van der Waals surface area (Å²) in [5, 5.41) is 15.1. The summed E-state index contributed by atoms with van der Waals surface area (Å²) in [6.45, 7) is 16.4. The number of carbonyl (C=O) groups excluding carboxylic acids is 3. The van der Waals surface area contributed by atoms with Crippen molar-refractivity contribution >= 4 is 26.2 Å². The Kier molecular flexibility index (Phi) is 7.32. The Morgan fingerprint density at radius 1 is 1.24 bits per heavy atom. The Morgan fingerprint density at radius 2 is 1.96 bits per heavy atom. The number of amides is 1. The summed E-state index contributed by atoms with van der Waals surface area (Å²) >= 11 is 0. The van der Waals surface area contributed by atoms with Crippen LogP contribution in [0.5, 0.6) is 11.5 Å². The van der Waals surface area contributed by atoms with Crippen molar-refractivity contribution in [3.05, 3.63) is 35.1 Å². The van der Waals surface area contributed by atoms with Crippen molar-refractivity contribution in [2.45, 2.75) is 126 Å². The largest absolute Gasteiger partial charge is 0.541 e. The first-order chi connectivity index (χ1) is 20.8. The minimum Gasteiger partial charge on any atom is -0.541 e. The quantitative estimate of drug-likeness (QED) is 0.337. The van der Waals surface area contributed by atoms with Gasteiger partial charge in [-0.2, -0.15) is 0 Å². The van der Waals surface area contributed by atoms with Gasteiger partial charge < -0.3 is 38.7 Å². The molecule has 45 heavy (non-hydrogen) atoms. The molecule has 246 valence electrons. The maximum atomic E-state index is 13.4. The SMILES string of the molecule is C[C@H](NC(=O)C[C@@H]1OC(C)(C)OC1=O)C(=O)OC1=CC[C@@]2(O)[C@@H]3Cc4ccc(O[Si](C)(C)C(C)(C)C)c5c4[C@@]2(CCN3C)[C@H]1O5. The van der Waals surface area contributed by atoms with Crippen LogP contribution in [0.4, 0.5) is 0 Å². The Balaban J connectivity index is 1.27. The number of benzene rings is 1. The minimum absolute atomic E-state index is 0.0414. The van der Waals surface area contributed by atoms with Gasteiger partial charge in [0.25, 0.3) is 8.32 Å². The third-order valence-electron chi connectivity index (χ3n) is 10.9. The van der Waals surface area contributed by atoms with E-state index in [4.69, 9.17) is 23.4 Å². The van der Waals surface area contributed by atoms with Crippen molar-refractivity contribution in [3.63, 3.8) is 0 Å². The Hall–Kier alpha value is -2.93. The summed E-state index contributed by atoms with van der Waals surface area (Å²) in [6.07, 6.45) is 1.25. The number of aliphatic hydroxyl groups is 1. The average molecular weight is 643 g/mol. The molecule has 2 fully saturated rings. The van der Waals surface area contributed by atoms with Gasteiger partial charge in [0.15, 0.2) is 18.0 Å². The minimum atomic E-state index is -2.25. The number of esters is 2. The second-order valence-electron chi connectivity index (χ2n) is 15.3. The summed E-state index contributed by atoms with van der Waals surface area (Å²) < 4.78 is 30.2. The highest BCUT2D eigenvalue weighted by atomic mass is 28.4. The van der Waals surface area contributed by atoms with Crippen molar-refractivity contribution in [1.82, 2.24) is 10.2 Å². The maximum Gasteiger partial charge on any atom is 0.338 e. The highest BCUT2D eigenvalue weighted by molar-refractivity contribution is 6.74. The van der Waals surface area contributed by atoms with Crippen LogP contribution < -0.4 is 14.5 Å². The molecule has 6 rings (SSSR count). The van der Waals surface area contributed by atoms with Crippen LogP contribution >= 0.6 is 0 Å². The molecule has 3 aliphatic heterocycles. The highest BCUT2D eigenvalue weighted by Crippen LogP contribution is 2.65. The highest BCUT2D eigenvalue weighted by Gasteiger charge is 2.72. The monoisotopic (exact) mass is 642 g/mol. The molecule has 3 heterocycles. The lowest BCUT2D eigenvalue weighted by atomic mass is 9.50. The van der Waals surface area contributed by atoms with Crippen LogP contribution in [0.15, 0.2) is 24.0 Å². The summed E-state index contributed by atoms with van der Waals surface area (Å²) in [5.74, 6) is -1.35. The van der Waals surface area contributed by atoms with Gasteiger partial charge in [0.2, 0.25) is 11.7 Å². The summed E-state index contributed by atoms with van der Waals surface area (Å²) in [6, 6.07) is 2.94. The lowest BCUT2D eigenvalue weighted by molar-refractivity contribution is -0.170. The van der Waals surface area contributed by atoms with Gasteiger partial charge in [-0.15, -0.1) is 0 Å². The van der Waals surface area contributed by atoms with Crippen molar-refractivity contribution in [2.24, 2.45) is 0 Å². The number of hydrogen-bond acceptors (Lipinski definition) is 10. The third kappa shape index (κ3) is 4.90. The van der Waals surface area contributed by atoms with Gasteiger partial charge >= 0.3 is 11.9 Å². The number of carbonyl (C=O) groups is 3. The molecule has 0 unspecified atom stereocenters. The van der Waals surface area contributed by atoms with Gasteiger partial charge in [0, 0.05) is 31.9 Å². The second kappa shape index (κ2) is 10.3. The second-order valence-corrected chi connectivity index (χ2v) is 20.0. The smallest absolute Gasteiger partial charge is 0.338 e. The van der Waals surface area contributed by atoms with E-state index < -0.39 is 61.2 Å². The van der Waals surface area contributed by atoms with E-state index in [0.717, 1.165) is 17.7 Å². The molecule has 1 amide bonds. The number of nitrogens with zero attached hydrogens (tertiary/aromatic N) is 1. The van der Waals surface area contributed by atoms with E-state index in [1.807, 2.05) is 13.1 Å². The van der Waals surface area contributed by atoms with E-state index in [1.165, 1.54) is 6.92 Å². The lowest BCUT2D eigenvalue weighted by Crippen LogP contribution is -2.74. The first-order valence-corrected chi connectivity index (χ1v) is 18.8. The zero-order valence-electron chi connectivity index (χ0n) is 27.7. The third-order valence-corrected chi connectivity index (χ3v) is 15.2. The van der Waals surface area contributed by atoms with Crippen LogP contribution in [-0.4, -0.2) is 85.4 Å². The molecule has 2 aliphatic carbocycles. The maximum absolute atomic E-state index is 13.4. The molecule has 11 nitrogen and oxygen atoms in total. The molecule has 6 atom stereocenters. The van der Waals surface area contributed by atoms with E-state index in [0.29, 0.717) is 30.1 Å². The van der Waals surface area contributed by atoms with Crippen molar-refractivity contribution in [2.75, 3.05) is 13.6 Å². The molecule has 5 aliphatic rings. The number of ether oxygens (including phenoxy) is 4. The molecule has 1 aromatic carbocycles. The van der Waals surface area contributed by atoms with Crippen molar-refractivity contribution < 1.29 is 42.9 Å². The average Bonchev–Trinajstić information content (AvgIpc) is 3.40. The first-order valence-electron chi connectivity index (χ1n) is 15.9. The fourth-order valence-electron chi connectivity index (χ4n) is 7.52. The summed E-state index contributed by atoms with van der Waals surface area (Å²) in [5.41, 5.74) is 0.104. The molecule has 1 spiro atoms. The van der Waals surface area contributed by atoms with E-state index >= 15 is 0 Å². The topological polar surface area (TPSA) is 133 Å². The molecule has 2 N–H and O–H groups in total. The van der Waals surface area contributed by atoms with Gasteiger partial charge in [-0.3, -0.25) is 4.79 Å². The van der Waals surface area contributed by atoms with Crippen LogP contribution in [0.3, 0.4) is 0 Å². The lowest BCUT2D eigenvalue weighted by Gasteiger charge is -2.61. The van der Waals surface area contributed by atoms with E-state index in [2.05, 4.69) is 50.1 Å². The molecule has 2 saturated heterocycles. The zero-order chi connectivity index (χ0) is 32.9. The Bertz CT molecular complexity index is 1480. The normalized spacial score (nSPS) is 32.1. The Labute approximate surface area is 265 Å². The molecule has 12 heteroatoms. The fraction of sp³-hybridized carbons (Fsp3) is 0.667. The van der Waals surface area contributed by atoms with Crippen LogP contribution in [0.1, 0.15) is 71.9 Å². The summed E-state index contributed by atoms with van der Waals surface area (Å²) in [7, 11) is -0.202. The number of likely N-dealkylation sites (tertiary alicyclic amines) is 1. The van der Waals surface area contributed by atoms with Gasteiger partial charge in [0.1, 0.15) is 17.6 Å². The van der Waals surface area contributed by atoms with Gasteiger partial charge in [-0.25, -0.2) is 9.59 Å². The van der Waals surface area contributed by atoms with Gasteiger partial charge in [0.05, 0.1) is 17.4 Å². The van der Waals surface area contributed by atoms with Crippen LogP contribution in [0, 0.1) is 0 Å². The molecule has 0 aromatic heterocycles. The van der Waals surface area contributed by atoms with Gasteiger partial charge in [-0.1, -0.05) is 26.8 Å². The zero-order valence-corrected chi connectivity index (χ0v) is 28.7. The van der Waals surface area contributed by atoms with Crippen LogP contribution in [-0.2, 0) is 40.4 Å². The van der Waals surface area contributed by atoms with Crippen LogP contribution in [0.2, 0.25) is 18.1 Å². The fourth-order valence-corrected chi connectivity index (χ4v) is 8.53. The van der Waals surface area contributed by atoms with E-state index in [-0.39, 0.29) is 23.9 Å². The number of hydrogen-bond donors (Lipinski definition) is 2. The molecule has 0 saturated carbocycles. The molecule has 0 radical (unpaired) electrons. The number of piperidine rings is 1.